The lowest BCUT2D eigenvalue weighted by Gasteiger charge is -2.33. The number of likely N-dealkylation sites (tertiary alicyclic amines) is 1. The van der Waals surface area contributed by atoms with E-state index in [2.05, 4.69) is 18.6 Å². The van der Waals surface area contributed by atoms with Crippen molar-refractivity contribution in [3.63, 3.8) is 0 Å². The third-order valence-electron chi connectivity index (χ3n) is 5.48. The van der Waals surface area contributed by atoms with E-state index in [1.807, 2.05) is 0 Å². The van der Waals surface area contributed by atoms with Crippen molar-refractivity contribution in [1.82, 2.24) is 9.62 Å². The Hall–Kier alpha value is -0.860. The molecule has 2 fully saturated rings. The van der Waals surface area contributed by atoms with Gasteiger partial charge >= 0.3 is 6.09 Å². The summed E-state index contributed by atoms with van der Waals surface area (Å²) in [6, 6.07) is -0.661. The zero-order chi connectivity index (χ0) is 18.6. The first-order valence-electron chi connectivity index (χ1n) is 9.14. The third-order valence-corrected chi connectivity index (χ3v) is 6.22. The van der Waals surface area contributed by atoms with Crippen molar-refractivity contribution in [3.05, 3.63) is 0 Å². The lowest BCUT2D eigenvalue weighted by atomic mass is 9.80. The predicted molar refractivity (Wildman–Crippen MR) is 95.8 cm³/mol. The molecule has 2 atom stereocenters. The summed E-state index contributed by atoms with van der Waals surface area (Å²) in [5.41, 5.74) is 0. The summed E-state index contributed by atoms with van der Waals surface area (Å²) in [5.74, 6) is 1.46. The minimum Gasteiger partial charge on any atom is -0.453 e. The molecule has 2 rings (SSSR count). The maximum atomic E-state index is 12.0. The fraction of sp³-hybridized carbons (Fsp3) is 0.941. The predicted octanol–water partition coefficient (Wildman–Crippen LogP) is 1.98. The minimum atomic E-state index is -3.34. The fourth-order valence-electron chi connectivity index (χ4n) is 3.97. The second kappa shape index (κ2) is 8.68. The van der Waals surface area contributed by atoms with E-state index >= 15 is 0 Å². The second-order valence-corrected chi connectivity index (χ2v) is 9.41. The van der Waals surface area contributed by atoms with E-state index in [0.717, 1.165) is 25.0 Å². The van der Waals surface area contributed by atoms with Gasteiger partial charge in [-0.1, -0.05) is 13.8 Å². The summed E-state index contributed by atoms with van der Waals surface area (Å²) < 4.78 is 36.7. The maximum Gasteiger partial charge on any atom is 0.409 e. The normalized spacial score (nSPS) is 30.7. The molecule has 0 aromatic rings. The van der Waals surface area contributed by atoms with Crippen LogP contribution in [0.3, 0.4) is 0 Å². The standard InChI is InChI=1S/C17H32N2O5S/c1-12(2)13-5-7-14(8-6-13)24-11-16-15(18-25(4,21)22)9-10-19(16)17(20)23-3/h12-16,18H,5-11H2,1-4H3/t13?,14?,15-,16-/m0/s1. The van der Waals surface area contributed by atoms with E-state index in [-0.39, 0.29) is 18.2 Å². The van der Waals surface area contributed by atoms with Crippen molar-refractivity contribution in [1.29, 1.82) is 0 Å². The molecular formula is C17H32N2O5S. The van der Waals surface area contributed by atoms with E-state index < -0.39 is 16.1 Å². The first-order valence-corrected chi connectivity index (χ1v) is 11.0. The highest BCUT2D eigenvalue weighted by molar-refractivity contribution is 7.88. The Morgan fingerprint density at radius 2 is 1.84 bits per heavy atom. The van der Waals surface area contributed by atoms with Crippen LogP contribution < -0.4 is 4.72 Å². The topological polar surface area (TPSA) is 84.9 Å². The van der Waals surface area contributed by atoms with Gasteiger partial charge in [-0.25, -0.2) is 17.9 Å². The highest BCUT2D eigenvalue weighted by atomic mass is 32.2. The van der Waals surface area contributed by atoms with E-state index in [9.17, 15) is 13.2 Å². The molecule has 0 unspecified atom stereocenters. The van der Waals surface area contributed by atoms with Crippen molar-refractivity contribution in [2.24, 2.45) is 11.8 Å². The van der Waals surface area contributed by atoms with Crippen LogP contribution in [0.2, 0.25) is 0 Å². The van der Waals surface area contributed by atoms with Gasteiger partial charge in [0.2, 0.25) is 10.0 Å². The van der Waals surface area contributed by atoms with Crippen molar-refractivity contribution in [2.75, 3.05) is 26.5 Å². The zero-order valence-corrected chi connectivity index (χ0v) is 16.5. The van der Waals surface area contributed by atoms with E-state index in [0.29, 0.717) is 25.5 Å². The average molecular weight is 377 g/mol. The number of carbonyl (C=O) groups is 1. The summed E-state index contributed by atoms with van der Waals surface area (Å²) >= 11 is 0. The van der Waals surface area contributed by atoms with Gasteiger partial charge in [-0.3, -0.25) is 0 Å². The molecule has 7 nitrogen and oxygen atoms in total. The Morgan fingerprint density at radius 3 is 2.36 bits per heavy atom. The number of methoxy groups -OCH3 is 1. The number of hydrogen-bond acceptors (Lipinski definition) is 5. The van der Waals surface area contributed by atoms with Crippen molar-refractivity contribution in [2.45, 2.75) is 64.1 Å². The highest BCUT2D eigenvalue weighted by Crippen LogP contribution is 2.32. The van der Waals surface area contributed by atoms with E-state index in [1.54, 1.807) is 4.90 Å². The number of ether oxygens (including phenoxy) is 2. The van der Waals surface area contributed by atoms with Crippen molar-refractivity contribution < 1.29 is 22.7 Å². The van der Waals surface area contributed by atoms with Gasteiger partial charge in [-0.2, -0.15) is 0 Å². The number of hydrogen-bond donors (Lipinski definition) is 1. The smallest absolute Gasteiger partial charge is 0.409 e. The van der Waals surface area contributed by atoms with Crippen LogP contribution in [0.4, 0.5) is 4.79 Å². The van der Waals surface area contributed by atoms with Gasteiger partial charge in [0.15, 0.2) is 0 Å². The number of sulfonamides is 1. The molecule has 146 valence electrons. The Morgan fingerprint density at radius 1 is 1.20 bits per heavy atom. The summed E-state index contributed by atoms with van der Waals surface area (Å²) in [5, 5.41) is 0. The minimum absolute atomic E-state index is 0.189. The summed E-state index contributed by atoms with van der Waals surface area (Å²) in [6.07, 6.45) is 5.84. The van der Waals surface area contributed by atoms with Crippen LogP contribution in [0.1, 0.15) is 46.0 Å². The van der Waals surface area contributed by atoms with Crippen LogP contribution in [-0.4, -0.2) is 64.1 Å². The molecule has 1 aliphatic carbocycles. The number of nitrogens with one attached hydrogen (secondary N) is 1. The molecule has 8 heteroatoms. The Labute approximate surface area is 151 Å². The van der Waals surface area contributed by atoms with Gasteiger partial charge in [0.25, 0.3) is 0 Å². The molecule has 0 spiro atoms. The number of rotatable bonds is 6. The van der Waals surface area contributed by atoms with Crippen LogP contribution in [0.5, 0.6) is 0 Å². The van der Waals surface area contributed by atoms with Gasteiger partial charge in [0, 0.05) is 12.6 Å². The van der Waals surface area contributed by atoms with E-state index in [4.69, 9.17) is 9.47 Å². The highest BCUT2D eigenvalue weighted by Gasteiger charge is 2.39. The molecule has 2 aliphatic rings. The molecule has 1 N–H and O–H groups in total. The average Bonchev–Trinajstić information content (AvgIpc) is 2.93. The molecule has 25 heavy (non-hydrogen) atoms. The molecule has 0 aromatic carbocycles. The molecule has 1 saturated carbocycles. The first kappa shape index (κ1) is 20.5. The summed E-state index contributed by atoms with van der Waals surface area (Å²) in [6.45, 7) is 5.33. The van der Waals surface area contributed by atoms with Crippen LogP contribution in [0.25, 0.3) is 0 Å². The lowest BCUT2D eigenvalue weighted by molar-refractivity contribution is -0.0132. The SMILES string of the molecule is COC(=O)N1CC[C@H](NS(C)(=O)=O)[C@@H]1COC1CCC(C(C)C)CC1. The van der Waals surface area contributed by atoms with Crippen LogP contribution in [-0.2, 0) is 19.5 Å². The molecule has 1 saturated heterocycles. The van der Waals surface area contributed by atoms with Crippen LogP contribution in [0.15, 0.2) is 0 Å². The zero-order valence-electron chi connectivity index (χ0n) is 15.7. The van der Waals surface area contributed by atoms with Gasteiger partial charge in [-0.15, -0.1) is 0 Å². The van der Waals surface area contributed by atoms with Crippen molar-refractivity contribution in [3.8, 4) is 0 Å². The number of carbonyl (C=O) groups excluding carboxylic acids is 1. The summed E-state index contributed by atoms with van der Waals surface area (Å²) in [4.78, 5) is 13.5. The van der Waals surface area contributed by atoms with Gasteiger partial charge in [0.1, 0.15) is 0 Å². The van der Waals surface area contributed by atoms with Gasteiger partial charge in [-0.05, 0) is 43.9 Å². The molecule has 0 radical (unpaired) electrons. The maximum absolute atomic E-state index is 12.0. The molecule has 1 amide bonds. The summed E-state index contributed by atoms with van der Waals surface area (Å²) in [7, 11) is -2.00. The van der Waals surface area contributed by atoms with Crippen LogP contribution in [0, 0.1) is 11.8 Å². The Kier molecular flexibility index (Phi) is 7.10. The van der Waals surface area contributed by atoms with Crippen LogP contribution >= 0.6 is 0 Å². The van der Waals surface area contributed by atoms with E-state index in [1.165, 1.54) is 20.0 Å². The van der Waals surface area contributed by atoms with Gasteiger partial charge < -0.3 is 14.4 Å². The quantitative estimate of drug-likeness (QED) is 0.766. The molecular weight excluding hydrogens is 344 g/mol. The number of nitrogens with zero attached hydrogens (tertiary/aromatic N) is 1. The lowest BCUT2D eigenvalue weighted by Crippen LogP contribution is -2.49. The number of amides is 1. The second-order valence-electron chi connectivity index (χ2n) is 7.63. The molecule has 1 heterocycles. The Balaban J connectivity index is 1.93. The molecule has 0 aromatic heterocycles. The third kappa shape index (κ3) is 5.82. The monoisotopic (exact) mass is 376 g/mol. The molecule has 1 aliphatic heterocycles. The fourth-order valence-corrected chi connectivity index (χ4v) is 4.80. The first-order chi connectivity index (χ1) is 11.7. The molecule has 0 bridgehead atoms. The van der Waals surface area contributed by atoms with Crippen molar-refractivity contribution >= 4 is 16.1 Å². The van der Waals surface area contributed by atoms with Gasteiger partial charge in [0.05, 0.1) is 32.1 Å². The Bertz CT molecular complexity index is 543. The largest absolute Gasteiger partial charge is 0.453 e.